The number of rotatable bonds is 2. The summed E-state index contributed by atoms with van der Waals surface area (Å²) in [6.45, 7) is 0. The third-order valence-corrected chi connectivity index (χ3v) is 2.44. The molecule has 1 rings (SSSR count). The number of azide groups is 1. The molecule has 0 fully saturated rings. The van der Waals surface area contributed by atoms with Gasteiger partial charge in [-0.2, -0.15) is 0 Å². The molecule has 0 aromatic heterocycles. The highest BCUT2D eigenvalue weighted by Crippen LogP contribution is 2.25. The van der Waals surface area contributed by atoms with E-state index in [0.29, 0.717) is 11.0 Å². The third-order valence-electron chi connectivity index (χ3n) is 1.34. The van der Waals surface area contributed by atoms with Crippen LogP contribution in [0.15, 0.2) is 27.8 Å². The van der Waals surface area contributed by atoms with Crippen molar-refractivity contribution in [1.82, 2.24) is 0 Å². The lowest BCUT2D eigenvalue weighted by Crippen LogP contribution is -1.77. The van der Waals surface area contributed by atoms with Gasteiger partial charge in [0.1, 0.15) is 0 Å². The molecule has 0 aliphatic carbocycles. The monoisotopic (exact) mass is 289 g/mol. The number of hydrogen-bond acceptors (Lipinski definition) is 1. The summed E-state index contributed by atoms with van der Waals surface area (Å²) in [6.07, 6.45) is 0. The minimum absolute atomic E-state index is 0.664. The predicted molar refractivity (Wildman–Crippen MR) is 55.6 cm³/mol. The molecule has 0 N–H and O–H groups in total. The molecule has 0 bridgehead atoms. The SMILES string of the molecule is [N-]=[N+]=Nc1ccc(Br)cc1CBr. The van der Waals surface area contributed by atoms with Crippen molar-refractivity contribution < 1.29 is 0 Å². The smallest absolute Gasteiger partial charge is 0.0416 e. The van der Waals surface area contributed by atoms with E-state index in [1.165, 1.54) is 0 Å². The summed E-state index contributed by atoms with van der Waals surface area (Å²) in [7, 11) is 0. The first-order chi connectivity index (χ1) is 5.77. The molecule has 0 spiro atoms. The van der Waals surface area contributed by atoms with Gasteiger partial charge >= 0.3 is 0 Å². The Hall–Kier alpha value is -0.510. The number of benzene rings is 1. The molecule has 5 heteroatoms. The van der Waals surface area contributed by atoms with Crippen LogP contribution in [0, 0.1) is 0 Å². The third kappa shape index (κ3) is 2.24. The highest BCUT2D eigenvalue weighted by molar-refractivity contribution is 9.10. The molecule has 0 aliphatic heterocycles. The van der Waals surface area contributed by atoms with E-state index in [1.807, 2.05) is 12.1 Å². The van der Waals surface area contributed by atoms with Crippen LogP contribution in [0.25, 0.3) is 10.4 Å². The molecule has 0 atom stereocenters. The van der Waals surface area contributed by atoms with Gasteiger partial charge in [0.2, 0.25) is 0 Å². The van der Waals surface area contributed by atoms with Gasteiger partial charge in [-0.3, -0.25) is 0 Å². The van der Waals surface area contributed by atoms with Gasteiger partial charge in [0.25, 0.3) is 0 Å². The Morgan fingerprint density at radius 3 is 2.83 bits per heavy atom. The van der Waals surface area contributed by atoms with Gasteiger partial charge in [0, 0.05) is 20.4 Å². The summed E-state index contributed by atoms with van der Waals surface area (Å²) in [5, 5.41) is 4.23. The van der Waals surface area contributed by atoms with Gasteiger partial charge < -0.3 is 0 Å². The zero-order chi connectivity index (χ0) is 8.97. The Morgan fingerprint density at radius 1 is 1.50 bits per heavy atom. The van der Waals surface area contributed by atoms with Crippen LogP contribution in [-0.2, 0) is 5.33 Å². The van der Waals surface area contributed by atoms with Gasteiger partial charge in [0.15, 0.2) is 0 Å². The fourth-order valence-electron chi connectivity index (χ4n) is 0.807. The fraction of sp³-hybridized carbons (Fsp3) is 0.143. The first kappa shape index (κ1) is 9.58. The first-order valence-corrected chi connectivity index (χ1v) is 5.09. The number of nitrogens with zero attached hydrogens (tertiary/aromatic N) is 3. The summed E-state index contributed by atoms with van der Waals surface area (Å²) < 4.78 is 0.980. The normalized spacial score (nSPS) is 9.17. The van der Waals surface area contributed by atoms with Crippen molar-refractivity contribution in [3.05, 3.63) is 38.7 Å². The molecule has 1 aromatic rings. The maximum Gasteiger partial charge on any atom is 0.0416 e. The van der Waals surface area contributed by atoms with E-state index < -0.39 is 0 Å². The van der Waals surface area contributed by atoms with Crippen molar-refractivity contribution in [1.29, 1.82) is 0 Å². The molecular weight excluding hydrogens is 286 g/mol. The van der Waals surface area contributed by atoms with Gasteiger partial charge in [0.05, 0.1) is 0 Å². The standard InChI is InChI=1S/C7H5Br2N3/c8-4-5-3-6(9)1-2-7(5)11-12-10/h1-3H,4H2. The number of halogens is 2. The molecular formula is C7H5Br2N3. The number of alkyl halides is 1. The van der Waals surface area contributed by atoms with Crippen molar-refractivity contribution in [2.45, 2.75) is 5.33 Å². The van der Waals surface area contributed by atoms with Crippen LogP contribution in [0.5, 0.6) is 0 Å². The molecule has 0 radical (unpaired) electrons. The van der Waals surface area contributed by atoms with Gasteiger partial charge in [-0.15, -0.1) is 0 Å². The largest absolute Gasteiger partial charge is 0.0876 e. The quantitative estimate of drug-likeness (QED) is 0.338. The Balaban J connectivity index is 3.19. The van der Waals surface area contributed by atoms with Crippen molar-refractivity contribution in [3.8, 4) is 0 Å². The summed E-state index contributed by atoms with van der Waals surface area (Å²) >= 11 is 6.64. The highest BCUT2D eigenvalue weighted by Gasteiger charge is 1.98. The lowest BCUT2D eigenvalue weighted by Gasteiger charge is -2.00. The average Bonchev–Trinajstić information content (AvgIpc) is 2.08. The first-order valence-electron chi connectivity index (χ1n) is 3.17. The molecule has 62 valence electrons. The second-order valence-corrected chi connectivity index (χ2v) is 3.57. The van der Waals surface area contributed by atoms with Crippen LogP contribution in [-0.4, -0.2) is 0 Å². The van der Waals surface area contributed by atoms with Gasteiger partial charge in [-0.25, -0.2) is 0 Å². The average molecular weight is 291 g/mol. The van der Waals surface area contributed by atoms with Crippen LogP contribution in [0.2, 0.25) is 0 Å². The highest BCUT2D eigenvalue weighted by atomic mass is 79.9. The van der Waals surface area contributed by atoms with Crippen molar-refractivity contribution in [2.75, 3.05) is 0 Å². The second kappa shape index (κ2) is 4.50. The van der Waals surface area contributed by atoms with Crippen molar-refractivity contribution >= 4 is 37.5 Å². The molecule has 0 saturated heterocycles. The molecule has 12 heavy (non-hydrogen) atoms. The van der Waals surface area contributed by atoms with E-state index in [0.717, 1.165) is 10.0 Å². The lowest BCUT2D eigenvalue weighted by atomic mass is 10.2. The molecule has 0 amide bonds. The molecule has 0 aliphatic rings. The van der Waals surface area contributed by atoms with E-state index in [9.17, 15) is 0 Å². The van der Waals surface area contributed by atoms with Crippen LogP contribution in [0.3, 0.4) is 0 Å². The molecule has 3 nitrogen and oxygen atoms in total. The minimum atomic E-state index is 0.664. The summed E-state index contributed by atoms with van der Waals surface area (Å²) in [6, 6.07) is 5.54. The van der Waals surface area contributed by atoms with Crippen LogP contribution < -0.4 is 0 Å². The molecule has 0 heterocycles. The van der Waals surface area contributed by atoms with E-state index in [2.05, 4.69) is 41.9 Å². The van der Waals surface area contributed by atoms with Gasteiger partial charge in [-0.1, -0.05) is 43.0 Å². The van der Waals surface area contributed by atoms with E-state index in [1.54, 1.807) is 6.07 Å². The number of hydrogen-bond donors (Lipinski definition) is 0. The Morgan fingerprint density at radius 2 is 2.25 bits per heavy atom. The Labute approximate surface area is 86.7 Å². The van der Waals surface area contributed by atoms with Crippen molar-refractivity contribution in [3.63, 3.8) is 0 Å². The maximum atomic E-state index is 8.24. The summed E-state index contributed by atoms with van der Waals surface area (Å²) in [4.78, 5) is 2.73. The topological polar surface area (TPSA) is 48.8 Å². The summed E-state index contributed by atoms with van der Waals surface area (Å²) in [5.74, 6) is 0. The zero-order valence-electron chi connectivity index (χ0n) is 6.04. The van der Waals surface area contributed by atoms with Crippen molar-refractivity contribution in [2.24, 2.45) is 5.11 Å². The molecule has 0 saturated carbocycles. The maximum absolute atomic E-state index is 8.24. The van der Waals surface area contributed by atoms with Crippen LogP contribution >= 0.6 is 31.9 Å². The molecule has 0 unspecified atom stereocenters. The predicted octanol–water partition coefficient (Wildman–Crippen LogP) is 4.29. The van der Waals surface area contributed by atoms with Gasteiger partial charge in [-0.05, 0) is 23.2 Å². The van der Waals surface area contributed by atoms with Crippen LogP contribution in [0.1, 0.15) is 5.56 Å². The van der Waals surface area contributed by atoms with E-state index in [-0.39, 0.29) is 0 Å². The lowest BCUT2D eigenvalue weighted by molar-refractivity contribution is 1.35. The minimum Gasteiger partial charge on any atom is -0.0876 e. The zero-order valence-corrected chi connectivity index (χ0v) is 9.21. The second-order valence-electron chi connectivity index (χ2n) is 2.10. The summed E-state index contributed by atoms with van der Waals surface area (Å²) in [5.41, 5.74) is 9.88. The fourth-order valence-corrected chi connectivity index (χ4v) is 1.66. The molecule has 1 aromatic carbocycles. The Bertz CT molecular complexity index is 331. The van der Waals surface area contributed by atoms with E-state index in [4.69, 9.17) is 5.53 Å². The Kier molecular flexibility index (Phi) is 3.59. The van der Waals surface area contributed by atoms with E-state index >= 15 is 0 Å². The van der Waals surface area contributed by atoms with Crippen LogP contribution in [0.4, 0.5) is 5.69 Å².